The zero-order chi connectivity index (χ0) is 19.1. The Morgan fingerprint density at radius 3 is 2.41 bits per heavy atom. The van der Waals surface area contributed by atoms with E-state index in [9.17, 15) is 9.90 Å². The number of rotatable bonds is 7. The maximum Gasteiger partial charge on any atom is 0.410 e. The van der Waals surface area contributed by atoms with E-state index in [1.807, 2.05) is 49.5 Å². The van der Waals surface area contributed by atoms with Crippen molar-refractivity contribution in [1.82, 2.24) is 4.90 Å². The van der Waals surface area contributed by atoms with Crippen molar-refractivity contribution >= 4 is 6.09 Å². The molecular formula is C22H29N2O3+. The molecule has 1 fully saturated rings. The van der Waals surface area contributed by atoms with Crippen molar-refractivity contribution in [3.63, 3.8) is 0 Å². The van der Waals surface area contributed by atoms with E-state index >= 15 is 0 Å². The van der Waals surface area contributed by atoms with Crippen LogP contribution in [-0.2, 0) is 17.8 Å². The van der Waals surface area contributed by atoms with E-state index < -0.39 is 0 Å². The van der Waals surface area contributed by atoms with Crippen LogP contribution in [0.3, 0.4) is 0 Å². The maximum absolute atomic E-state index is 12.6. The molecule has 1 aliphatic heterocycles. The standard InChI is InChI=1S/C22H28N2O3/c1-23(22(26)27-17-19-7-3-2-4-8-19)20(16-24-13-5-6-14-24)15-18-9-11-21(25)12-10-18/h2-4,7-12,20,25H,5-6,13-17H2,1H3/p+1/t20-/m0/s1. The molecule has 2 aromatic carbocycles. The monoisotopic (exact) mass is 369 g/mol. The van der Waals surface area contributed by atoms with E-state index in [1.54, 1.807) is 21.9 Å². The first-order valence-electron chi connectivity index (χ1n) is 9.67. The van der Waals surface area contributed by atoms with Crippen molar-refractivity contribution in [3.05, 3.63) is 65.7 Å². The summed E-state index contributed by atoms with van der Waals surface area (Å²) in [6, 6.07) is 17.0. The van der Waals surface area contributed by atoms with Gasteiger partial charge in [0.05, 0.1) is 25.7 Å². The summed E-state index contributed by atoms with van der Waals surface area (Å²) in [7, 11) is 1.83. The van der Waals surface area contributed by atoms with Crippen LogP contribution in [0.15, 0.2) is 54.6 Å². The summed E-state index contributed by atoms with van der Waals surface area (Å²) >= 11 is 0. The molecule has 0 saturated carbocycles. The molecule has 2 N–H and O–H groups in total. The molecule has 2 aromatic rings. The Labute approximate surface area is 161 Å². The Morgan fingerprint density at radius 1 is 1.07 bits per heavy atom. The Bertz CT molecular complexity index is 712. The second-order valence-corrected chi connectivity index (χ2v) is 7.34. The van der Waals surface area contributed by atoms with Gasteiger partial charge in [0, 0.05) is 19.9 Å². The molecule has 1 amide bonds. The molecular weight excluding hydrogens is 340 g/mol. The number of nitrogens with one attached hydrogen (secondary N) is 1. The average Bonchev–Trinajstić information content (AvgIpc) is 3.20. The van der Waals surface area contributed by atoms with Crippen LogP contribution < -0.4 is 4.90 Å². The number of nitrogens with zero attached hydrogens (tertiary/aromatic N) is 1. The van der Waals surface area contributed by atoms with Crippen molar-refractivity contribution in [3.8, 4) is 5.75 Å². The Morgan fingerprint density at radius 2 is 1.74 bits per heavy atom. The predicted molar refractivity (Wildman–Crippen MR) is 105 cm³/mol. The molecule has 1 saturated heterocycles. The van der Waals surface area contributed by atoms with E-state index in [2.05, 4.69) is 0 Å². The summed E-state index contributed by atoms with van der Waals surface area (Å²) in [5.74, 6) is 0.260. The third-order valence-corrected chi connectivity index (χ3v) is 5.28. The number of ether oxygens (including phenoxy) is 1. The Hall–Kier alpha value is -2.53. The number of quaternary nitrogens is 1. The molecule has 5 nitrogen and oxygen atoms in total. The summed E-state index contributed by atoms with van der Waals surface area (Å²) in [4.78, 5) is 15.9. The highest BCUT2D eigenvalue weighted by Crippen LogP contribution is 2.14. The molecule has 0 radical (unpaired) electrons. The first kappa shape index (κ1) is 19.2. The van der Waals surface area contributed by atoms with E-state index in [4.69, 9.17) is 4.74 Å². The van der Waals surface area contributed by atoms with E-state index in [-0.39, 0.29) is 24.5 Å². The summed E-state index contributed by atoms with van der Waals surface area (Å²) in [6.07, 6.45) is 2.97. The lowest BCUT2D eigenvalue weighted by molar-refractivity contribution is -0.889. The fourth-order valence-electron chi connectivity index (χ4n) is 3.63. The van der Waals surface area contributed by atoms with Gasteiger partial charge in [0.2, 0.25) is 0 Å². The molecule has 27 heavy (non-hydrogen) atoms. The molecule has 0 spiro atoms. The topological polar surface area (TPSA) is 54.2 Å². The van der Waals surface area contributed by atoms with Crippen molar-refractivity contribution in [2.45, 2.75) is 31.9 Å². The molecule has 0 bridgehead atoms. The number of amides is 1. The Balaban J connectivity index is 1.63. The Kier molecular flexibility index (Phi) is 6.71. The van der Waals surface area contributed by atoms with Gasteiger partial charge in [-0.1, -0.05) is 42.5 Å². The van der Waals surface area contributed by atoms with Gasteiger partial charge in [-0.15, -0.1) is 0 Å². The number of likely N-dealkylation sites (tertiary alicyclic amines) is 1. The third-order valence-electron chi connectivity index (χ3n) is 5.28. The number of likely N-dealkylation sites (N-methyl/N-ethyl adjacent to an activating group) is 1. The summed E-state index contributed by atoms with van der Waals surface area (Å²) in [6.45, 7) is 3.53. The van der Waals surface area contributed by atoms with Gasteiger partial charge in [-0.2, -0.15) is 0 Å². The number of benzene rings is 2. The number of phenols is 1. The number of carbonyl (C=O) groups excluding carboxylic acids is 1. The molecule has 1 heterocycles. The van der Waals surface area contributed by atoms with Crippen LogP contribution in [0, 0.1) is 0 Å². The summed E-state index contributed by atoms with van der Waals surface area (Å²) in [5, 5.41) is 9.51. The number of phenolic OH excluding ortho intramolecular Hbond substituents is 1. The number of aromatic hydroxyl groups is 1. The highest BCUT2D eigenvalue weighted by atomic mass is 16.6. The third kappa shape index (κ3) is 5.73. The second-order valence-electron chi connectivity index (χ2n) is 7.34. The minimum atomic E-state index is -0.291. The highest BCUT2D eigenvalue weighted by molar-refractivity contribution is 5.67. The lowest BCUT2D eigenvalue weighted by Crippen LogP contribution is -3.11. The molecule has 5 heteroatoms. The van der Waals surface area contributed by atoms with Gasteiger partial charge in [-0.25, -0.2) is 4.79 Å². The van der Waals surface area contributed by atoms with Crippen LogP contribution in [0.4, 0.5) is 4.79 Å². The summed E-state index contributed by atoms with van der Waals surface area (Å²) in [5.41, 5.74) is 2.10. The molecule has 1 aliphatic rings. The van der Waals surface area contributed by atoms with Crippen LogP contribution in [0.25, 0.3) is 0 Å². The first-order chi connectivity index (χ1) is 13.1. The van der Waals surface area contributed by atoms with Gasteiger partial charge < -0.3 is 19.6 Å². The number of carbonyl (C=O) groups is 1. The molecule has 3 rings (SSSR count). The quantitative estimate of drug-likeness (QED) is 0.787. The minimum Gasteiger partial charge on any atom is -0.508 e. The molecule has 144 valence electrons. The van der Waals surface area contributed by atoms with Gasteiger partial charge in [-0.3, -0.25) is 0 Å². The molecule has 0 aliphatic carbocycles. The van der Waals surface area contributed by atoms with E-state index in [0.717, 1.165) is 24.1 Å². The average molecular weight is 369 g/mol. The zero-order valence-electron chi connectivity index (χ0n) is 15.9. The number of hydrogen-bond donors (Lipinski definition) is 2. The predicted octanol–water partition coefficient (Wildman–Crippen LogP) is 2.25. The maximum atomic E-state index is 12.6. The van der Waals surface area contributed by atoms with Crippen LogP contribution >= 0.6 is 0 Å². The lowest BCUT2D eigenvalue weighted by Gasteiger charge is -2.29. The molecule has 0 aromatic heterocycles. The summed E-state index contributed by atoms with van der Waals surface area (Å²) < 4.78 is 5.53. The second kappa shape index (κ2) is 9.42. The van der Waals surface area contributed by atoms with Crippen molar-refractivity contribution in [2.24, 2.45) is 0 Å². The van der Waals surface area contributed by atoms with Gasteiger partial charge in [-0.05, 0) is 29.7 Å². The lowest BCUT2D eigenvalue weighted by atomic mass is 10.0. The fraction of sp³-hybridized carbons (Fsp3) is 0.409. The minimum absolute atomic E-state index is 0.0610. The van der Waals surface area contributed by atoms with Gasteiger partial charge in [0.25, 0.3) is 0 Å². The fourth-order valence-corrected chi connectivity index (χ4v) is 3.63. The van der Waals surface area contributed by atoms with E-state index in [1.165, 1.54) is 25.9 Å². The van der Waals surface area contributed by atoms with Crippen LogP contribution in [0.1, 0.15) is 24.0 Å². The van der Waals surface area contributed by atoms with Crippen LogP contribution in [0.2, 0.25) is 0 Å². The van der Waals surface area contributed by atoms with Crippen LogP contribution in [0.5, 0.6) is 5.75 Å². The SMILES string of the molecule is CN(C(=O)OCc1ccccc1)[C@@H](Cc1ccc(O)cc1)C[NH+]1CCCC1. The van der Waals surface area contributed by atoms with Crippen LogP contribution in [-0.4, -0.2) is 48.8 Å². The van der Waals surface area contributed by atoms with Gasteiger partial charge in [0.15, 0.2) is 0 Å². The van der Waals surface area contributed by atoms with Crippen molar-refractivity contribution < 1.29 is 19.5 Å². The van der Waals surface area contributed by atoms with Crippen molar-refractivity contribution in [2.75, 3.05) is 26.7 Å². The van der Waals surface area contributed by atoms with Gasteiger partial charge >= 0.3 is 6.09 Å². The zero-order valence-corrected chi connectivity index (χ0v) is 15.9. The van der Waals surface area contributed by atoms with E-state index in [0.29, 0.717) is 0 Å². The van der Waals surface area contributed by atoms with Gasteiger partial charge in [0.1, 0.15) is 12.4 Å². The first-order valence-corrected chi connectivity index (χ1v) is 9.67. The normalized spacial score (nSPS) is 15.4. The van der Waals surface area contributed by atoms with Crippen molar-refractivity contribution in [1.29, 1.82) is 0 Å². The number of hydrogen-bond acceptors (Lipinski definition) is 3. The highest BCUT2D eigenvalue weighted by Gasteiger charge is 2.27. The largest absolute Gasteiger partial charge is 0.508 e. The smallest absolute Gasteiger partial charge is 0.410 e. The molecule has 0 unspecified atom stereocenters. The molecule has 1 atom stereocenters.